The predicted molar refractivity (Wildman–Crippen MR) is 154 cm³/mol. The van der Waals surface area contributed by atoms with Gasteiger partial charge < -0.3 is 15.3 Å². The Morgan fingerprint density at radius 2 is 1.90 bits per heavy atom. The molecule has 1 aliphatic heterocycles. The van der Waals surface area contributed by atoms with Crippen molar-refractivity contribution in [1.29, 1.82) is 0 Å². The molecule has 2 amide bonds. The highest BCUT2D eigenvalue weighted by molar-refractivity contribution is 7.13. The second kappa shape index (κ2) is 12.6. The molecule has 0 radical (unpaired) electrons. The van der Waals surface area contributed by atoms with Gasteiger partial charge in [-0.05, 0) is 78.4 Å². The van der Waals surface area contributed by atoms with Crippen molar-refractivity contribution >= 4 is 29.1 Å². The maximum atomic E-state index is 13.8. The summed E-state index contributed by atoms with van der Waals surface area (Å²) in [5, 5.41) is 14.6. The van der Waals surface area contributed by atoms with Crippen LogP contribution < -0.4 is 5.32 Å². The number of aromatic nitrogens is 1. The van der Waals surface area contributed by atoms with Gasteiger partial charge in [0.25, 0.3) is 0 Å². The number of rotatable bonds is 10. The van der Waals surface area contributed by atoms with Crippen LogP contribution in [0.3, 0.4) is 0 Å². The molecule has 1 aliphatic rings. The molecule has 2 aromatic heterocycles. The first-order valence-electron chi connectivity index (χ1n) is 13.5. The Bertz CT molecular complexity index is 1300. The lowest BCUT2D eigenvalue weighted by Gasteiger charge is -2.38. The number of hydrogen-bond acceptors (Lipinski definition) is 5. The van der Waals surface area contributed by atoms with Crippen LogP contribution in [-0.4, -0.2) is 45.4 Å². The number of thiophene rings is 1. The van der Waals surface area contributed by atoms with Crippen molar-refractivity contribution in [3.05, 3.63) is 76.4 Å². The average molecular weight is 548 g/mol. The number of carboxylic acids is 1. The van der Waals surface area contributed by atoms with Gasteiger partial charge in [0, 0.05) is 35.7 Å². The number of amides is 2. The Kier molecular flexibility index (Phi) is 9.17. The van der Waals surface area contributed by atoms with E-state index in [9.17, 15) is 19.5 Å². The highest BCUT2D eigenvalue weighted by Crippen LogP contribution is 2.35. The molecule has 0 spiro atoms. The first kappa shape index (κ1) is 28.5. The van der Waals surface area contributed by atoms with Gasteiger partial charge >= 0.3 is 5.97 Å². The number of nitrogens with zero attached hydrogens (tertiary/aromatic N) is 2. The van der Waals surface area contributed by atoms with E-state index in [-0.39, 0.29) is 30.1 Å². The summed E-state index contributed by atoms with van der Waals surface area (Å²) < 4.78 is 0. The summed E-state index contributed by atoms with van der Waals surface area (Å²) in [6.45, 7) is 8.58. The lowest BCUT2D eigenvalue weighted by atomic mass is 9.90. The maximum Gasteiger partial charge on any atom is 0.305 e. The number of likely N-dealkylation sites (tertiary alicyclic amines) is 1. The second-order valence-corrected chi connectivity index (χ2v) is 11.8. The van der Waals surface area contributed by atoms with Crippen LogP contribution in [0.2, 0.25) is 0 Å². The van der Waals surface area contributed by atoms with Crippen molar-refractivity contribution in [3.63, 3.8) is 0 Å². The molecule has 1 fully saturated rings. The van der Waals surface area contributed by atoms with Crippen LogP contribution in [-0.2, 0) is 14.4 Å². The molecule has 0 bridgehead atoms. The number of benzene rings is 1. The van der Waals surface area contributed by atoms with Crippen molar-refractivity contribution in [2.75, 3.05) is 6.54 Å². The molecule has 1 aromatic carbocycles. The van der Waals surface area contributed by atoms with E-state index in [1.165, 1.54) is 0 Å². The van der Waals surface area contributed by atoms with Crippen molar-refractivity contribution in [2.24, 2.45) is 5.92 Å². The zero-order valence-electron chi connectivity index (χ0n) is 23.0. The first-order chi connectivity index (χ1) is 18.6. The van der Waals surface area contributed by atoms with E-state index >= 15 is 0 Å². The number of carboxylic acid groups (broad SMARTS) is 1. The minimum absolute atomic E-state index is 0.0504. The molecule has 0 aliphatic carbocycles. The van der Waals surface area contributed by atoms with Gasteiger partial charge in [-0.15, -0.1) is 11.3 Å². The fourth-order valence-electron chi connectivity index (χ4n) is 5.42. The van der Waals surface area contributed by atoms with E-state index in [2.05, 4.69) is 36.3 Å². The largest absolute Gasteiger partial charge is 0.481 e. The Morgan fingerprint density at radius 1 is 1.15 bits per heavy atom. The van der Waals surface area contributed by atoms with Crippen LogP contribution in [0.1, 0.15) is 73.9 Å². The van der Waals surface area contributed by atoms with E-state index in [1.54, 1.807) is 22.4 Å². The number of aryl methyl sites for hydroxylation is 2. The highest BCUT2D eigenvalue weighted by Gasteiger charge is 2.37. The summed E-state index contributed by atoms with van der Waals surface area (Å²) in [6.07, 6.45) is 3.04. The molecule has 4 rings (SSSR count). The predicted octanol–water partition coefficient (Wildman–Crippen LogP) is 5.88. The number of hydrogen-bond donors (Lipinski definition) is 2. The fraction of sp³-hybridized carbons (Fsp3) is 0.419. The van der Waals surface area contributed by atoms with Crippen LogP contribution in [0.25, 0.3) is 10.4 Å². The summed E-state index contributed by atoms with van der Waals surface area (Å²) in [6, 6.07) is 12.5. The monoisotopic (exact) mass is 547 g/mol. The molecule has 1 unspecified atom stereocenters. The molecule has 7 nitrogen and oxygen atoms in total. The Balaban J connectivity index is 1.59. The summed E-state index contributed by atoms with van der Waals surface area (Å²) in [7, 11) is 0. The van der Waals surface area contributed by atoms with Crippen LogP contribution in [0.15, 0.2) is 54.0 Å². The van der Waals surface area contributed by atoms with E-state index in [4.69, 9.17) is 0 Å². The zero-order chi connectivity index (χ0) is 28.1. The molecule has 3 aromatic rings. The standard InChI is InChI=1S/C31H37N3O4S/c1-19(2)14-26(34-17-22(11-12-28(34)35)24-10-5-6-13-32-24)31(38)33-25(16-29(36)37)23-15-27(39-18-23)30-20(3)8-7-9-21(30)4/h5-10,13,15,18-19,22,25-26H,11-12,14,16-17H2,1-4H3,(H,33,38)(H,36,37)/t22?,25-,26-/m0/s1. The average Bonchev–Trinajstić information content (AvgIpc) is 3.37. The van der Waals surface area contributed by atoms with Crippen LogP contribution >= 0.6 is 11.3 Å². The molecule has 1 saturated heterocycles. The van der Waals surface area contributed by atoms with E-state index in [1.807, 2.05) is 49.6 Å². The second-order valence-electron chi connectivity index (χ2n) is 10.9. The SMILES string of the molecule is Cc1cccc(C)c1-c1cc([C@H](CC(=O)O)NC(=O)[C@H](CC(C)C)N2CC(c3ccccn3)CCC2=O)cs1. The highest BCUT2D eigenvalue weighted by atomic mass is 32.1. The molecule has 3 atom stereocenters. The number of carbonyl (C=O) groups is 3. The van der Waals surface area contributed by atoms with Crippen LogP contribution in [0.5, 0.6) is 0 Å². The smallest absolute Gasteiger partial charge is 0.305 e. The fourth-order valence-corrected chi connectivity index (χ4v) is 6.56. The summed E-state index contributed by atoms with van der Waals surface area (Å²) in [4.78, 5) is 45.9. The lowest BCUT2D eigenvalue weighted by molar-refractivity contribution is -0.144. The van der Waals surface area contributed by atoms with Crippen molar-refractivity contribution < 1.29 is 19.5 Å². The number of piperidine rings is 1. The number of pyridine rings is 1. The molecule has 0 saturated carbocycles. The molecule has 3 heterocycles. The minimum atomic E-state index is -0.996. The zero-order valence-corrected chi connectivity index (χ0v) is 23.8. The normalized spacial score (nSPS) is 17.2. The Hall–Kier alpha value is -3.52. The van der Waals surface area contributed by atoms with Gasteiger partial charge in [0.2, 0.25) is 11.8 Å². The number of carbonyl (C=O) groups excluding carboxylic acids is 2. The van der Waals surface area contributed by atoms with E-state index < -0.39 is 18.1 Å². The molecule has 206 valence electrons. The van der Waals surface area contributed by atoms with Gasteiger partial charge in [-0.25, -0.2) is 0 Å². The summed E-state index contributed by atoms with van der Waals surface area (Å²) in [5.74, 6) is -1.14. The third-order valence-corrected chi connectivity index (χ3v) is 8.33. The molecular weight excluding hydrogens is 510 g/mol. The number of aliphatic carboxylic acids is 1. The molecule has 2 N–H and O–H groups in total. The Labute approximate surface area is 234 Å². The lowest BCUT2D eigenvalue weighted by Crippen LogP contribution is -2.53. The molecule has 8 heteroatoms. The van der Waals surface area contributed by atoms with Crippen LogP contribution in [0, 0.1) is 19.8 Å². The van der Waals surface area contributed by atoms with Gasteiger partial charge in [-0.3, -0.25) is 19.4 Å². The third kappa shape index (κ3) is 6.92. The van der Waals surface area contributed by atoms with Gasteiger partial charge in [-0.1, -0.05) is 38.1 Å². The molecule has 39 heavy (non-hydrogen) atoms. The summed E-state index contributed by atoms with van der Waals surface area (Å²) >= 11 is 1.54. The maximum absolute atomic E-state index is 13.8. The minimum Gasteiger partial charge on any atom is -0.481 e. The first-order valence-corrected chi connectivity index (χ1v) is 14.4. The Morgan fingerprint density at radius 3 is 2.54 bits per heavy atom. The number of nitrogens with one attached hydrogen (secondary N) is 1. The van der Waals surface area contributed by atoms with Crippen molar-refractivity contribution in [2.45, 2.75) is 71.4 Å². The quantitative estimate of drug-likeness (QED) is 0.330. The van der Waals surface area contributed by atoms with Crippen LogP contribution in [0.4, 0.5) is 0 Å². The van der Waals surface area contributed by atoms with Gasteiger partial charge in [0.05, 0.1) is 12.5 Å². The van der Waals surface area contributed by atoms with Gasteiger partial charge in [0.1, 0.15) is 6.04 Å². The van der Waals surface area contributed by atoms with Gasteiger partial charge in [-0.2, -0.15) is 0 Å². The van der Waals surface area contributed by atoms with E-state index in [0.29, 0.717) is 25.8 Å². The summed E-state index contributed by atoms with van der Waals surface area (Å²) in [5.41, 5.74) is 5.09. The van der Waals surface area contributed by atoms with Crippen molar-refractivity contribution in [3.8, 4) is 10.4 Å². The van der Waals surface area contributed by atoms with Gasteiger partial charge in [0.15, 0.2) is 0 Å². The van der Waals surface area contributed by atoms with Crippen molar-refractivity contribution in [1.82, 2.24) is 15.2 Å². The topological polar surface area (TPSA) is 99.6 Å². The van der Waals surface area contributed by atoms with E-state index in [0.717, 1.165) is 32.8 Å². The molecular formula is C31H37N3O4S. The third-order valence-electron chi connectivity index (χ3n) is 7.37.